The number of thiophene rings is 1. The Hall–Kier alpha value is -3.27. The van der Waals surface area contributed by atoms with Crippen LogP contribution in [-0.2, 0) is 22.6 Å². The van der Waals surface area contributed by atoms with Crippen LogP contribution in [0, 0.1) is 12.7 Å². The van der Waals surface area contributed by atoms with Crippen LogP contribution in [0.2, 0.25) is 0 Å². The summed E-state index contributed by atoms with van der Waals surface area (Å²) in [6.45, 7) is 6.73. The van der Waals surface area contributed by atoms with Crippen LogP contribution in [0.15, 0.2) is 66.7 Å². The molecular formula is C28H33FN4O3S. The number of ether oxygens (including phenoxy) is 1. The van der Waals surface area contributed by atoms with Crippen molar-refractivity contribution in [3.05, 3.63) is 87.9 Å². The summed E-state index contributed by atoms with van der Waals surface area (Å²) in [4.78, 5) is 34.7. The van der Waals surface area contributed by atoms with Crippen LogP contribution in [0.1, 0.15) is 15.3 Å². The first-order chi connectivity index (χ1) is 18.0. The van der Waals surface area contributed by atoms with E-state index in [2.05, 4.69) is 10.2 Å². The van der Waals surface area contributed by atoms with Crippen LogP contribution < -0.4 is 5.32 Å². The lowest BCUT2D eigenvalue weighted by atomic mass is 10.2. The molecule has 4 rings (SSSR count). The van der Waals surface area contributed by atoms with E-state index in [0.29, 0.717) is 45.1 Å². The number of morpholine rings is 1. The molecule has 0 bridgehead atoms. The van der Waals surface area contributed by atoms with Crippen molar-refractivity contribution in [1.82, 2.24) is 14.7 Å². The van der Waals surface area contributed by atoms with E-state index < -0.39 is 11.8 Å². The SMILES string of the molecule is Cc1ccc(CN(Cc2ccccc2)C(=O)CN(CCN2CCOCC2)C(=O)Nc2cccc(F)c2)s1. The number of nitrogens with one attached hydrogen (secondary N) is 1. The highest BCUT2D eigenvalue weighted by Crippen LogP contribution is 2.19. The molecule has 2 heterocycles. The number of rotatable bonds is 10. The molecule has 9 heteroatoms. The molecule has 1 saturated heterocycles. The summed E-state index contributed by atoms with van der Waals surface area (Å²) in [6.07, 6.45) is 0. The van der Waals surface area contributed by atoms with Gasteiger partial charge in [-0.2, -0.15) is 0 Å². The van der Waals surface area contributed by atoms with E-state index in [1.165, 1.54) is 21.9 Å². The minimum atomic E-state index is -0.436. The Balaban J connectivity index is 1.49. The molecule has 1 fully saturated rings. The first-order valence-electron chi connectivity index (χ1n) is 12.4. The average molecular weight is 525 g/mol. The largest absolute Gasteiger partial charge is 0.379 e. The maximum atomic E-state index is 13.7. The maximum absolute atomic E-state index is 13.7. The Morgan fingerprint density at radius 1 is 1.00 bits per heavy atom. The molecule has 7 nitrogen and oxygen atoms in total. The normalized spacial score (nSPS) is 13.8. The van der Waals surface area contributed by atoms with Crippen LogP contribution in [0.5, 0.6) is 0 Å². The molecule has 1 aliphatic rings. The number of carbonyl (C=O) groups excluding carboxylic acids is 2. The zero-order valence-corrected chi connectivity index (χ0v) is 21.9. The van der Waals surface area contributed by atoms with Crippen molar-refractivity contribution in [2.45, 2.75) is 20.0 Å². The minimum absolute atomic E-state index is 0.0807. The lowest BCUT2D eigenvalue weighted by Crippen LogP contribution is -2.48. The second-order valence-corrected chi connectivity index (χ2v) is 10.4. The molecule has 0 unspecified atom stereocenters. The highest BCUT2D eigenvalue weighted by Gasteiger charge is 2.23. The van der Waals surface area contributed by atoms with Gasteiger partial charge in [-0.1, -0.05) is 36.4 Å². The van der Waals surface area contributed by atoms with Crippen LogP contribution in [0.4, 0.5) is 14.9 Å². The van der Waals surface area contributed by atoms with Crippen molar-refractivity contribution in [2.24, 2.45) is 0 Å². The summed E-state index contributed by atoms with van der Waals surface area (Å²) >= 11 is 1.66. The fraction of sp³-hybridized carbons (Fsp3) is 0.357. The van der Waals surface area contributed by atoms with Gasteiger partial charge in [0.05, 0.1) is 19.8 Å². The number of hydrogen-bond donors (Lipinski definition) is 1. The van der Waals surface area contributed by atoms with E-state index in [1.807, 2.05) is 49.4 Å². The van der Waals surface area contributed by atoms with Crippen LogP contribution in [0.25, 0.3) is 0 Å². The van der Waals surface area contributed by atoms with Crippen molar-refractivity contribution in [2.75, 3.05) is 51.3 Å². The molecule has 0 atom stereocenters. The standard InChI is InChI=1S/C28H33FN4O3S/c1-22-10-11-26(37-22)20-33(19-23-6-3-2-4-7-23)27(34)21-32(13-12-31-14-16-36-17-15-31)28(35)30-25-9-5-8-24(29)18-25/h2-11,18H,12-17,19-21H2,1H3,(H,30,35). The van der Waals surface area contributed by atoms with E-state index in [1.54, 1.807) is 28.4 Å². The molecule has 0 spiro atoms. The number of aryl methyl sites for hydroxylation is 1. The van der Waals surface area contributed by atoms with E-state index in [-0.39, 0.29) is 12.5 Å². The molecule has 0 saturated carbocycles. The van der Waals surface area contributed by atoms with Gasteiger partial charge >= 0.3 is 6.03 Å². The third-order valence-corrected chi connectivity index (χ3v) is 7.18. The number of carbonyl (C=O) groups is 2. The number of nitrogens with zero attached hydrogens (tertiary/aromatic N) is 3. The molecule has 3 amide bonds. The highest BCUT2D eigenvalue weighted by atomic mass is 32.1. The number of benzene rings is 2. The molecule has 0 aliphatic carbocycles. The van der Waals surface area contributed by atoms with E-state index in [4.69, 9.17) is 4.74 Å². The summed E-state index contributed by atoms with van der Waals surface area (Å²) in [7, 11) is 0. The number of urea groups is 1. The molecule has 1 aromatic heterocycles. The predicted octanol–water partition coefficient (Wildman–Crippen LogP) is 4.59. The van der Waals surface area contributed by atoms with Crippen LogP contribution in [0.3, 0.4) is 0 Å². The summed E-state index contributed by atoms with van der Waals surface area (Å²) in [6, 6.07) is 19.3. The fourth-order valence-corrected chi connectivity index (χ4v) is 5.07. The fourth-order valence-electron chi connectivity index (χ4n) is 4.17. The van der Waals surface area contributed by atoms with Gasteiger partial charge in [-0.15, -0.1) is 11.3 Å². The molecule has 1 aliphatic heterocycles. The van der Waals surface area contributed by atoms with Gasteiger partial charge in [0.25, 0.3) is 0 Å². The number of amides is 3. The summed E-state index contributed by atoms with van der Waals surface area (Å²) in [5, 5.41) is 2.75. The minimum Gasteiger partial charge on any atom is -0.379 e. The summed E-state index contributed by atoms with van der Waals surface area (Å²) < 4.78 is 19.1. The third kappa shape index (κ3) is 8.38. The Morgan fingerprint density at radius 2 is 1.78 bits per heavy atom. The van der Waals surface area contributed by atoms with Gasteiger partial charge in [0, 0.05) is 48.2 Å². The number of halogens is 1. The van der Waals surface area contributed by atoms with E-state index >= 15 is 0 Å². The number of hydrogen-bond acceptors (Lipinski definition) is 5. The van der Waals surface area contributed by atoms with Gasteiger partial charge < -0.3 is 19.9 Å². The van der Waals surface area contributed by atoms with Gasteiger partial charge in [0.2, 0.25) is 5.91 Å². The van der Waals surface area contributed by atoms with Gasteiger partial charge in [-0.3, -0.25) is 9.69 Å². The average Bonchev–Trinajstić information content (AvgIpc) is 3.31. The molecule has 3 aromatic rings. The van der Waals surface area contributed by atoms with Gasteiger partial charge in [0.1, 0.15) is 12.4 Å². The molecule has 196 valence electrons. The summed E-state index contributed by atoms with van der Waals surface area (Å²) in [5.41, 5.74) is 1.37. The van der Waals surface area contributed by atoms with Crippen molar-refractivity contribution in [3.8, 4) is 0 Å². The first-order valence-corrected chi connectivity index (χ1v) is 13.3. The zero-order valence-electron chi connectivity index (χ0n) is 21.1. The monoisotopic (exact) mass is 524 g/mol. The molecule has 2 aromatic carbocycles. The van der Waals surface area contributed by atoms with Crippen LogP contribution in [-0.4, -0.2) is 72.6 Å². The quantitative estimate of drug-likeness (QED) is 0.421. The van der Waals surface area contributed by atoms with Crippen molar-refractivity contribution in [3.63, 3.8) is 0 Å². The smallest absolute Gasteiger partial charge is 0.322 e. The predicted molar refractivity (Wildman–Crippen MR) is 144 cm³/mol. The third-order valence-electron chi connectivity index (χ3n) is 6.19. The Bertz CT molecular complexity index is 1170. The molecular weight excluding hydrogens is 491 g/mol. The molecule has 1 N–H and O–H groups in total. The maximum Gasteiger partial charge on any atom is 0.322 e. The highest BCUT2D eigenvalue weighted by molar-refractivity contribution is 7.11. The van der Waals surface area contributed by atoms with E-state index in [0.717, 1.165) is 23.5 Å². The number of anilines is 1. The topological polar surface area (TPSA) is 65.1 Å². The lowest BCUT2D eigenvalue weighted by Gasteiger charge is -2.31. The summed E-state index contributed by atoms with van der Waals surface area (Å²) in [5.74, 6) is -0.583. The van der Waals surface area contributed by atoms with Gasteiger partial charge in [-0.05, 0) is 42.8 Å². The Morgan fingerprint density at radius 3 is 2.49 bits per heavy atom. The van der Waals surface area contributed by atoms with Crippen molar-refractivity contribution < 1.29 is 18.7 Å². The van der Waals surface area contributed by atoms with Crippen molar-refractivity contribution in [1.29, 1.82) is 0 Å². The van der Waals surface area contributed by atoms with Gasteiger partial charge in [-0.25, -0.2) is 9.18 Å². The Kier molecular flexibility index (Phi) is 9.65. The lowest BCUT2D eigenvalue weighted by molar-refractivity contribution is -0.133. The Labute approximate surface area is 221 Å². The van der Waals surface area contributed by atoms with E-state index in [9.17, 15) is 14.0 Å². The van der Waals surface area contributed by atoms with Gasteiger partial charge in [0.15, 0.2) is 0 Å². The van der Waals surface area contributed by atoms with Crippen molar-refractivity contribution >= 4 is 29.0 Å². The zero-order chi connectivity index (χ0) is 26.0. The molecule has 37 heavy (non-hydrogen) atoms. The second kappa shape index (κ2) is 13.3. The van der Waals surface area contributed by atoms with Crippen LogP contribution >= 0.6 is 11.3 Å². The first kappa shape index (κ1) is 26.8. The second-order valence-electron chi connectivity index (χ2n) is 9.06. The molecule has 0 radical (unpaired) electrons.